The molecule has 3 heterocycles. The van der Waals surface area contributed by atoms with Crippen LogP contribution in [0.4, 0.5) is 11.5 Å². The third kappa shape index (κ3) is 4.23. The molecule has 30 heavy (non-hydrogen) atoms. The second kappa shape index (κ2) is 8.31. The van der Waals surface area contributed by atoms with Crippen molar-refractivity contribution in [1.29, 1.82) is 0 Å². The summed E-state index contributed by atoms with van der Waals surface area (Å²) in [7, 11) is 1.70. The highest BCUT2D eigenvalue weighted by Gasteiger charge is 2.28. The maximum absolute atomic E-state index is 12.9. The highest BCUT2D eigenvalue weighted by atomic mass is 35.5. The Bertz CT molecular complexity index is 995. The molecule has 0 spiro atoms. The lowest BCUT2D eigenvalue weighted by atomic mass is 10.1. The van der Waals surface area contributed by atoms with Crippen molar-refractivity contribution in [3.05, 3.63) is 52.7 Å². The van der Waals surface area contributed by atoms with E-state index in [2.05, 4.69) is 15.6 Å². The van der Waals surface area contributed by atoms with Crippen LogP contribution in [0.25, 0.3) is 0 Å². The zero-order valence-corrected chi connectivity index (χ0v) is 17.3. The number of anilines is 2. The molecule has 9 heteroatoms. The fourth-order valence-corrected chi connectivity index (χ4v) is 3.82. The molecule has 1 aromatic carbocycles. The van der Waals surface area contributed by atoms with Crippen LogP contribution in [0.3, 0.4) is 0 Å². The molecule has 3 amide bonds. The molecule has 0 aliphatic carbocycles. The fourth-order valence-electron chi connectivity index (χ4n) is 3.70. The smallest absolute Gasteiger partial charge is 0.255 e. The monoisotopic (exact) mass is 427 g/mol. The molecule has 0 radical (unpaired) electrons. The Morgan fingerprint density at radius 2 is 2.07 bits per heavy atom. The van der Waals surface area contributed by atoms with Gasteiger partial charge in [0.1, 0.15) is 0 Å². The molecule has 1 atom stereocenters. The van der Waals surface area contributed by atoms with Crippen molar-refractivity contribution >= 4 is 40.8 Å². The van der Waals surface area contributed by atoms with Gasteiger partial charge in [0, 0.05) is 37.3 Å². The first kappa shape index (κ1) is 20.2. The first-order chi connectivity index (χ1) is 14.4. The zero-order chi connectivity index (χ0) is 21.3. The third-order valence-electron chi connectivity index (χ3n) is 5.29. The molecule has 1 saturated heterocycles. The number of likely N-dealkylation sites (N-methyl/N-ethyl adjacent to an activating group) is 1. The summed E-state index contributed by atoms with van der Waals surface area (Å²) in [5, 5.41) is 6.49. The van der Waals surface area contributed by atoms with Crippen LogP contribution in [0.5, 0.6) is 0 Å². The van der Waals surface area contributed by atoms with Crippen molar-refractivity contribution in [2.45, 2.75) is 25.4 Å². The molecule has 1 aromatic heterocycles. The van der Waals surface area contributed by atoms with E-state index in [4.69, 9.17) is 11.6 Å². The molecule has 2 N–H and O–H groups in total. The Morgan fingerprint density at radius 1 is 1.30 bits per heavy atom. The fraction of sp³-hybridized carbons (Fsp3) is 0.333. The van der Waals surface area contributed by atoms with Gasteiger partial charge in [-0.2, -0.15) is 0 Å². The minimum absolute atomic E-state index is 0.0127. The Labute approximate surface area is 179 Å². The standard InChI is InChI=1S/C21H22ClN5O3/c1-26(12-16-6-7-18(28)25-16)21(30)14-8-17-20(23-9-14)24-10-19(29)27(17)11-13-2-4-15(22)5-3-13/h2-5,8-9,16H,6-7,10-12H2,1H3,(H,23,24)(H,25,28). The summed E-state index contributed by atoms with van der Waals surface area (Å²) < 4.78 is 0. The molecule has 2 aliphatic rings. The maximum atomic E-state index is 12.9. The van der Waals surface area contributed by atoms with E-state index in [1.165, 1.54) is 6.20 Å². The van der Waals surface area contributed by atoms with E-state index in [1.807, 2.05) is 12.1 Å². The van der Waals surface area contributed by atoms with Crippen molar-refractivity contribution in [1.82, 2.24) is 15.2 Å². The number of benzene rings is 1. The Balaban J connectivity index is 1.55. The average molecular weight is 428 g/mol. The Kier molecular flexibility index (Phi) is 5.59. The van der Waals surface area contributed by atoms with Gasteiger partial charge in [0.15, 0.2) is 5.82 Å². The van der Waals surface area contributed by atoms with E-state index < -0.39 is 0 Å². The van der Waals surface area contributed by atoms with Gasteiger partial charge in [0.2, 0.25) is 11.8 Å². The molecule has 8 nitrogen and oxygen atoms in total. The maximum Gasteiger partial charge on any atom is 0.255 e. The van der Waals surface area contributed by atoms with Crippen molar-refractivity contribution in [2.75, 3.05) is 30.4 Å². The topological polar surface area (TPSA) is 94.6 Å². The molecule has 2 aromatic rings. The van der Waals surface area contributed by atoms with Gasteiger partial charge in [-0.3, -0.25) is 14.4 Å². The summed E-state index contributed by atoms with van der Waals surface area (Å²) in [4.78, 5) is 44.4. The molecule has 4 rings (SSSR count). The van der Waals surface area contributed by atoms with E-state index in [0.29, 0.717) is 48.0 Å². The number of nitrogens with zero attached hydrogens (tertiary/aromatic N) is 3. The molecule has 156 valence electrons. The average Bonchev–Trinajstić information content (AvgIpc) is 3.15. The Morgan fingerprint density at radius 3 is 2.77 bits per heavy atom. The molecular weight excluding hydrogens is 406 g/mol. The van der Waals surface area contributed by atoms with Crippen LogP contribution in [0.1, 0.15) is 28.8 Å². The molecule has 1 unspecified atom stereocenters. The highest BCUT2D eigenvalue weighted by Crippen LogP contribution is 2.30. The number of rotatable bonds is 5. The summed E-state index contributed by atoms with van der Waals surface area (Å²) in [6.45, 7) is 0.920. The summed E-state index contributed by atoms with van der Waals surface area (Å²) in [5.41, 5.74) is 1.87. The number of fused-ring (bicyclic) bond motifs is 1. The largest absolute Gasteiger partial charge is 0.359 e. The summed E-state index contributed by atoms with van der Waals surface area (Å²) in [5.74, 6) is 0.256. The van der Waals surface area contributed by atoms with Gasteiger partial charge in [-0.25, -0.2) is 4.98 Å². The normalized spacial score (nSPS) is 17.9. The Hall–Kier alpha value is -3.13. The number of halogens is 1. The zero-order valence-electron chi connectivity index (χ0n) is 16.5. The quantitative estimate of drug-likeness (QED) is 0.761. The highest BCUT2D eigenvalue weighted by molar-refractivity contribution is 6.30. The minimum Gasteiger partial charge on any atom is -0.359 e. The lowest BCUT2D eigenvalue weighted by Crippen LogP contribution is -2.41. The van der Waals surface area contributed by atoms with Crippen molar-refractivity contribution < 1.29 is 14.4 Å². The van der Waals surface area contributed by atoms with Gasteiger partial charge in [-0.15, -0.1) is 0 Å². The van der Waals surface area contributed by atoms with Gasteiger partial charge in [-0.05, 0) is 30.2 Å². The number of carbonyl (C=O) groups is 3. The predicted molar refractivity (Wildman–Crippen MR) is 113 cm³/mol. The van der Waals surface area contributed by atoms with Crippen LogP contribution in [0.15, 0.2) is 36.5 Å². The summed E-state index contributed by atoms with van der Waals surface area (Å²) in [6, 6.07) is 8.93. The number of hydrogen-bond donors (Lipinski definition) is 2. The van der Waals surface area contributed by atoms with Crippen molar-refractivity contribution in [2.24, 2.45) is 0 Å². The molecule has 0 bridgehead atoms. The first-order valence-electron chi connectivity index (χ1n) is 9.74. The van der Waals surface area contributed by atoms with Crippen LogP contribution >= 0.6 is 11.6 Å². The molecule has 2 aliphatic heterocycles. The minimum atomic E-state index is -0.212. The van der Waals surface area contributed by atoms with E-state index in [9.17, 15) is 14.4 Å². The van der Waals surface area contributed by atoms with Gasteiger partial charge in [0.25, 0.3) is 5.91 Å². The van der Waals surface area contributed by atoms with Crippen molar-refractivity contribution in [3.8, 4) is 0 Å². The van der Waals surface area contributed by atoms with Crippen LogP contribution in [-0.2, 0) is 16.1 Å². The number of carbonyl (C=O) groups excluding carboxylic acids is 3. The summed E-state index contributed by atoms with van der Waals surface area (Å²) >= 11 is 5.95. The molecule has 0 saturated carbocycles. The predicted octanol–water partition coefficient (Wildman–Crippen LogP) is 2.04. The SMILES string of the molecule is CN(CC1CCC(=O)N1)C(=O)c1cnc2c(c1)N(Cc1ccc(Cl)cc1)C(=O)CN2. The number of amides is 3. The van der Waals surface area contributed by atoms with Crippen LogP contribution in [0, 0.1) is 0 Å². The number of aromatic nitrogens is 1. The second-order valence-electron chi connectivity index (χ2n) is 7.54. The lowest BCUT2D eigenvalue weighted by Gasteiger charge is -2.30. The first-order valence-corrected chi connectivity index (χ1v) is 10.1. The van der Waals surface area contributed by atoms with Gasteiger partial charge < -0.3 is 20.4 Å². The second-order valence-corrected chi connectivity index (χ2v) is 7.98. The lowest BCUT2D eigenvalue weighted by molar-refractivity contribution is -0.119. The van der Waals surface area contributed by atoms with E-state index >= 15 is 0 Å². The molecular formula is C21H22ClN5O3. The molecule has 1 fully saturated rings. The van der Waals surface area contributed by atoms with Crippen molar-refractivity contribution in [3.63, 3.8) is 0 Å². The number of hydrogen-bond acceptors (Lipinski definition) is 5. The third-order valence-corrected chi connectivity index (χ3v) is 5.55. The van der Waals surface area contributed by atoms with E-state index in [1.54, 1.807) is 35.0 Å². The number of nitrogens with one attached hydrogen (secondary N) is 2. The van der Waals surface area contributed by atoms with Crippen LogP contribution in [0.2, 0.25) is 5.02 Å². The van der Waals surface area contributed by atoms with E-state index in [-0.39, 0.29) is 30.3 Å². The van der Waals surface area contributed by atoms with Crippen LogP contribution in [-0.4, -0.2) is 53.8 Å². The van der Waals surface area contributed by atoms with Gasteiger partial charge >= 0.3 is 0 Å². The van der Waals surface area contributed by atoms with Crippen LogP contribution < -0.4 is 15.5 Å². The number of pyridine rings is 1. The van der Waals surface area contributed by atoms with Gasteiger partial charge in [-0.1, -0.05) is 23.7 Å². The summed E-state index contributed by atoms with van der Waals surface area (Å²) in [6.07, 6.45) is 2.71. The van der Waals surface area contributed by atoms with Gasteiger partial charge in [0.05, 0.1) is 24.3 Å². The van der Waals surface area contributed by atoms with E-state index in [0.717, 1.165) is 5.56 Å².